The molecule has 0 heterocycles. The van der Waals surface area contributed by atoms with E-state index in [1.54, 1.807) is 0 Å². The van der Waals surface area contributed by atoms with Gasteiger partial charge in [-0.15, -0.1) is 0 Å². The van der Waals surface area contributed by atoms with E-state index in [1.165, 1.54) is 31.3 Å². The van der Waals surface area contributed by atoms with Crippen LogP contribution in [0.2, 0.25) is 0 Å². The minimum Gasteiger partial charge on any atom is -0.368 e. The molecule has 0 aromatic heterocycles. The van der Waals surface area contributed by atoms with Gasteiger partial charge in [-0.2, -0.15) is 0 Å². The summed E-state index contributed by atoms with van der Waals surface area (Å²) < 4.78 is 0. The maximum Gasteiger partial charge on any atom is 0.154 e. The molecule has 2 N–H and O–H groups in total. The maximum atomic E-state index is 8.81. The predicted molar refractivity (Wildman–Crippen MR) is 62.3 cm³/mol. The van der Waals surface area contributed by atoms with Gasteiger partial charge in [0.25, 0.3) is 0 Å². The zero-order valence-electron chi connectivity index (χ0n) is 10.2. The second kappa shape index (κ2) is 5.13. The quantitative estimate of drug-likeness (QED) is 0.558. The topological polar surface area (TPSA) is 40.5 Å². The largest absolute Gasteiger partial charge is 0.368 e. The van der Waals surface area contributed by atoms with Gasteiger partial charge in [0, 0.05) is 6.42 Å². The second-order valence-corrected chi connectivity index (χ2v) is 5.62. The molecule has 0 radical (unpaired) electrons. The van der Waals surface area contributed by atoms with Crippen LogP contribution in [0.15, 0.2) is 11.6 Å². The molecule has 0 amide bonds. The summed E-state index contributed by atoms with van der Waals surface area (Å²) in [6.45, 7) is 6.77. The van der Waals surface area contributed by atoms with Crippen molar-refractivity contribution in [3.8, 4) is 0 Å². The van der Waals surface area contributed by atoms with E-state index in [9.17, 15) is 0 Å². The Bertz CT molecular complexity index is 229. The molecule has 1 rings (SSSR count). The Morgan fingerprint density at radius 2 is 2.13 bits per heavy atom. The Hall–Kier alpha value is -0.340. The van der Waals surface area contributed by atoms with E-state index < -0.39 is 6.29 Å². The van der Waals surface area contributed by atoms with Gasteiger partial charge in [-0.3, -0.25) is 0 Å². The lowest BCUT2D eigenvalue weighted by Crippen LogP contribution is -2.23. The normalized spacial score (nSPS) is 27.1. The number of rotatable bonds is 3. The van der Waals surface area contributed by atoms with Crippen LogP contribution in [0, 0.1) is 11.3 Å². The van der Waals surface area contributed by atoms with E-state index >= 15 is 0 Å². The molecule has 2 heteroatoms. The fourth-order valence-corrected chi connectivity index (χ4v) is 2.54. The molecule has 0 bridgehead atoms. The number of aliphatic hydroxyl groups excluding tert-OH is 1. The summed E-state index contributed by atoms with van der Waals surface area (Å²) in [6.07, 6.45) is 6.25. The molecule has 0 aromatic carbocycles. The van der Waals surface area contributed by atoms with E-state index in [1.807, 2.05) is 6.08 Å². The monoisotopic (exact) mass is 212 g/mol. The standard InChI is InChI=1S/C13H24O2/c1-10(6-7-12(14)15)11-5-4-8-13(2,3)9-11/h6,11-12,14-15H,4-5,7-9H2,1-3H3/b10-6+/t11-/m0/s1. The molecule has 1 aliphatic carbocycles. The summed E-state index contributed by atoms with van der Waals surface area (Å²) in [5.41, 5.74) is 1.78. The lowest BCUT2D eigenvalue weighted by Gasteiger charge is -2.35. The summed E-state index contributed by atoms with van der Waals surface area (Å²) >= 11 is 0. The van der Waals surface area contributed by atoms with Gasteiger partial charge in [0.15, 0.2) is 6.29 Å². The first-order valence-corrected chi connectivity index (χ1v) is 5.93. The first-order valence-electron chi connectivity index (χ1n) is 5.93. The molecule has 0 unspecified atom stereocenters. The van der Waals surface area contributed by atoms with Crippen molar-refractivity contribution in [2.45, 2.75) is 59.2 Å². The number of aliphatic hydroxyl groups is 2. The van der Waals surface area contributed by atoms with Gasteiger partial charge in [0.1, 0.15) is 0 Å². The first kappa shape index (κ1) is 12.7. The average Bonchev–Trinajstić information content (AvgIpc) is 2.12. The van der Waals surface area contributed by atoms with E-state index in [2.05, 4.69) is 20.8 Å². The smallest absolute Gasteiger partial charge is 0.154 e. The van der Waals surface area contributed by atoms with Gasteiger partial charge in [-0.1, -0.05) is 31.9 Å². The van der Waals surface area contributed by atoms with Gasteiger partial charge in [0.2, 0.25) is 0 Å². The van der Waals surface area contributed by atoms with E-state index in [4.69, 9.17) is 10.2 Å². The van der Waals surface area contributed by atoms with Crippen LogP contribution >= 0.6 is 0 Å². The Labute approximate surface area is 93.0 Å². The molecule has 0 aromatic rings. The third-order valence-corrected chi connectivity index (χ3v) is 3.50. The first-order chi connectivity index (χ1) is 6.91. The Kier molecular flexibility index (Phi) is 4.35. The third kappa shape index (κ3) is 4.35. The van der Waals surface area contributed by atoms with Crippen LogP contribution in [0.4, 0.5) is 0 Å². The summed E-state index contributed by atoms with van der Waals surface area (Å²) in [7, 11) is 0. The lowest BCUT2D eigenvalue weighted by molar-refractivity contribution is -0.0363. The minimum absolute atomic E-state index is 0.364. The molecule has 1 saturated carbocycles. The van der Waals surface area contributed by atoms with Gasteiger partial charge in [-0.25, -0.2) is 0 Å². The molecular weight excluding hydrogens is 188 g/mol. The highest BCUT2D eigenvalue weighted by atomic mass is 16.5. The molecule has 15 heavy (non-hydrogen) atoms. The van der Waals surface area contributed by atoms with Crippen LogP contribution in [0.1, 0.15) is 52.9 Å². The Morgan fingerprint density at radius 1 is 1.47 bits per heavy atom. The summed E-state index contributed by atoms with van der Waals surface area (Å²) in [4.78, 5) is 0. The highest BCUT2D eigenvalue weighted by Crippen LogP contribution is 2.41. The number of hydrogen-bond donors (Lipinski definition) is 2. The van der Waals surface area contributed by atoms with Crippen molar-refractivity contribution in [2.75, 3.05) is 0 Å². The van der Waals surface area contributed by atoms with Gasteiger partial charge >= 0.3 is 0 Å². The third-order valence-electron chi connectivity index (χ3n) is 3.50. The summed E-state index contributed by atoms with van der Waals surface area (Å²) in [6, 6.07) is 0. The highest BCUT2D eigenvalue weighted by Gasteiger charge is 2.28. The van der Waals surface area contributed by atoms with Crippen molar-refractivity contribution in [1.29, 1.82) is 0 Å². The van der Waals surface area contributed by atoms with Crippen LogP contribution in [-0.4, -0.2) is 16.5 Å². The lowest BCUT2D eigenvalue weighted by atomic mass is 9.70. The van der Waals surface area contributed by atoms with E-state index in [-0.39, 0.29) is 0 Å². The zero-order valence-corrected chi connectivity index (χ0v) is 10.2. The van der Waals surface area contributed by atoms with Gasteiger partial charge in [0.05, 0.1) is 0 Å². The fraction of sp³-hybridized carbons (Fsp3) is 0.846. The minimum atomic E-state index is -1.20. The Morgan fingerprint density at radius 3 is 2.67 bits per heavy atom. The van der Waals surface area contributed by atoms with Gasteiger partial charge < -0.3 is 10.2 Å². The average molecular weight is 212 g/mol. The molecular formula is C13H24O2. The number of allylic oxidation sites excluding steroid dienone is 1. The van der Waals surface area contributed by atoms with Crippen molar-refractivity contribution in [3.63, 3.8) is 0 Å². The van der Waals surface area contributed by atoms with Crippen molar-refractivity contribution < 1.29 is 10.2 Å². The molecule has 1 aliphatic rings. The summed E-state index contributed by atoms with van der Waals surface area (Å²) in [5.74, 6) is 0.646. The van der Waals surface area contributed by atoms with Crippen LogP contribution in [-0.2, 0) is 0 Å². The van der Waals surface area contributed by atoms with Crippen molar-refractivity contribution in [2.24, 2.45) is 11.3 Å². The van der Waals surface area contributed by atoms with Crippen molar-refractivity contribution in [1.82, 2.24) is 0 Å². The molecule has 1 atom stereocenters. The summed E-state index contributed by atoms with van der Waals surface area (Å²) in [5, 5.41) is 17.6. The SMILES string of the molecule is C/C(=C\CC(O)O)[C@H]1CCCC(C)(C)C1. The molecule has 0 spiro atoms. The predicted octanol–water partition coefficient (Wildman–Crippen LogP) is 2.85. The zero-order chi connectivity index (χ0) is 11.5. The second-order valence-electron chi connectivity index (χ2n) is 5.62. The van der Waals surface area contributed by atoms with Crippen LogP contribution in [0.3, 0.4) is 0 Å². The molecule has 1 fully saturated rings. The molecule has 88 valence electrons. The highest BCUT2D eigenvalue weighted by molar-refractivity contribution is 5.06. The van der Waals surface area contributed by atoms with Crippen LogP contribution in [0.25, 0.3) is 0 Å². The molecule has 0 saturated heterocycles. The van der Waals surface area contributed by atoms with Crippen molar-refractivity contribution in [3.05, 3.63) is 11.6 Å². The van der Waals surface area contributed by atoms with Crippen molar-refractivity contribution >= 4 is 0 Å². The van der Waals surface area contributed by atoms with Crippen LogP contribution < -0.4 is 0 Å². The molecule has 2 nitrogen and oxygen atoms in total. The van der Waals surface area contributed by atoms with E-state index in [0.29, 0.717) is 17.8 Å². The van der Waals surface area contributed by atoms with Crippen LogP contribution in [0.5, 0.6) is 0 Å². The molecule has 0 aliphatic heterocycles. The number of hydrogen-bond acceptors (Lipinski definition) is 2. The maximum absolute atomic E-state index is 8.81. The van der Waals surface area contributed by atoms with Gasteiger partial charge in [-0.05, 0) is 37.5 Å². The van der Waals surface area contributed by atoms with E-state index in [0.717, 1.165) is 0 Å². The Balaban J connectivity index is 2.52. The fourth-order valence-electron chi connectivity index (χ4n) is 2.54.